The van der Waals surface area contributed by atoms with Crippen molar-refractivity contribution in [3.63, 3.8) is 0 Å². The Morgan fingerprint density at radius 1 is 1.50 bits per heavy atom. The molecule has 2 rings (SSSR count). The van der Waals surface area contributed by atoms with Crippen molar-refractivity contribution < 1.29 is 9.90 Å². The van der Waals surface area contributed by atoms with Gasteiger partial charge in [0.05, 0.1) is 11.4 Å². The number of aryl methyl sites for hydroxylation is 2. The largest absolute Gasteiger partial charge is 0.384 e. The van der Waals surface area contributed by atoms with Crippen LogP contribution >= 0.6 is 22.7 Å². The van der Waals surface area contributed by atoms with E-state index in [9.17, 15) is 9.90 Å². The number of carbonyl (C=O) groups is 1. The average Bonchev–Trinajstić information content (AvgIpc) is 3.05. The minimum Gasteiger partial charge on any atom is -0.384 e. The zero-order chi connectivity index (χ0) is 14.8. The van der Waals surface area contributed by atoms with E-state index in [4.69, 9.17) is 0 Å². The zero-order valence-electron chi connectivity index (χ0n) is 11.9. The van der Waals surface area contributed by atoms with Crippen molar-refractivity contribution >= 4 is 28.6 Å². The van der Waals surface area contributed by atoms with Gasteiger partial charge in [-0.25, -0.2) is 0 Å². The molecule has 0 aliphatic rings. The van der Waals surface area contributed by atoms with Crippen LogP contribution in [0.3, 0.4) is 0 Å². The monoisotopic (exact) mass is 309 g/mol. The van der Waals surface area contributed by atoms with Gasteiger partial charge in [0.1, 0.15) is 5.60 Å². The highest BCUT2D eigenvalue weighted by molar-refractivity contribution is 7.14. The van der Waals surface area contributed by atoms with Crippen LogP contribution in [0.2, 0.25) is 0 Å². The topological polar surface area (TPSA) is 49.3 Å². The van der Waals surface area contributed by atoms with Crippen LogP contribution in [0.15, 0.2) is 22.9 Å². The maximum Gasteiger partial charge on any atom is 0.261 e. The van der Waals surface area contributed by atoms with Crippen LogP contribution in [0.1, 0.15) is 39.5 Å². The number of nitrogens with one attached hydrogen (secondary N) is 1. The maximum atomic E-state index is 12.1. The number of aliphatic hydroxyl groups is 1. The molecule has 0 aromatic carbocycles. The van der Waals surface area contributed by atoms with E-state index in [1.807, 2.05) is 29.8 Å². The lowest BCUT2D eigenvalue weighted by atomic mass is 9.99. The number of hydrogen-bond acceptors (Lipinski definition) is 4. The summed E-state index contributed by atoms with van der Waals surface area (Å²) < 4.78 is 0. The van der Waals surface area contributed by atoms with Gasteiger partial charge >= 0.3 is 0 Å². The van der Waals surface area contributed by atoms with E-state index in [1.54, 1.807) is 6.92 Å². The van der Waals surface area contributed by atoms with E-state index in [1.165, 1.54) is 27.6 Å². The molecule has 0 spiro atoms. The van der Waals surface area contributed by atoms with Gasteiger partial charge in [0.2, 0.25) is 0 Å². The average molecular weight is 309 g/mol. The SMILES string of the molecule is CCc1sc(C(=O)NCC(C)(O)c2ccsc2)cc1C. The molecule has 20 heavy (non-hydrogen) atoms. The normalized spacial score (nSPS) is 14.0. The Bertz CT molecular complexity index is 585. The van der Waals surface area contributed by atoms with Gasteiger partial charge in [-0.15, -0.1) is 11.3 Å². The van der Waals surface area contributed by atoms with Crippen LogP contribution in [0.25, 0.3) is 0 Å². The number of rotatable bonds is 5. The summed E-state index contributed by atoms with van der Waals surface area (Å²) in [4.78, 5) is 14.1. The van der Waals surface area contributed by atoms with Crippen molar-refractivity contribution in [2.45, 2.75) is 32.8 Å². The third-order valence-electron chi connectivity index (χ3n) is 3.30. The first kappa shape index (κ1) is 15.2. The summed E-state index contributed by atoms with van der Waals surface area (Å²) in [5.74, 6) is -0.117. The second-order valence-electron chi connectivity index (χ2n) is 5.04. The first-order valence-corrected chi connectivity index (χ1v) is 8.32. The van der Waals surface area contributed by atoms with Gasteiger partial charge in [-0.2, -0.15) is 11.3 Å². The van der Waals surface area contributed by atoms with Gasteiger partial charge in [0.15, 0.2) is 0 Å². The summed E-state index contributed by atoms with van der Waals surface area (Å²) in [5.41, 5.74) is 0.960. The summed E-state index contributed by atoms with van der Waals surface area (Å²) in [5, 5.41) is 17.0. The third kappa shape index (κ3) is 3.29. The van der Waals surface area contributed by atoms with Gasteiger partial charge in [0.25, 0.3) is 5.91 Å². The fraction of sp³-hybridized carbons (Fsp3) is 0.400. The van der Waals surface area contributed by atoms with E-state index < -0.39 is 5.60 Å². The summed E-state index contributed by atoms with van der Waals surface area (Å²) in [6, 6.07) is 3.79. The molecule has 1 amide bonds. The highest BCUT2D eigenvalue weighted by atomic mass is 32.1. The highest BCUT2D eigenvalue weighted by Gasteiger charge is 2.24. The van der Waals surface area contributed by atoms with Crippen LogP contribution < -0.4 is 5.32 Å². The zero-order valence-corrected chi connectivity index (χ0v) is 13.5. The van der Waals surface area contributed by atoms with Crippen molar-refractivity contribution in [2.24, 2.45) is 0 Å². The fourth-order valence-electron chi connectivity index (χ4n) is 2.00. The molecular formula is C15H19NO2S2. The number of hydrogen-bond donors (Lipinski definition) is 2. The van der Waals surface area contributed by atoms with Crippen LogP contribution in [0, 0.1) is 6.92 Å². The molecule has 0 bridgehead atoms. The molecule has 0 radical (unpaired) electrons. The molecule has 2 heterocycles. The Balaban J connectivity index is 2.01. The number of carbonyl (C=O) groups excluding carboxylic acids is 1. The third-order valence-corrected chi connectivity index (χ3v) is 5.37. The minimum atomic E-state index is -1.03. The molecule has 0 saturated carbocycles. The molecule has 1 atom stereocenters. The number of thiophene rings is 2. The van der Waals surface area contributed by atoms with Gasteiger partial charge in [-0.3, -0.25) is 4.79 Å². The Kier molecular flexibility index (Phi) is 4.62. The molecular weight excluding hydrogens is 290 g/mol. The van der Waals surface area contributed by atoms with Gasteiger partial charge in [-0.1, -0.05) is 6.92 Å². The Hall–Kier alpha value is -1.17. The fourth-order valence-corrected chi connectivity index (χ4v) is 3.81. The van der Waals surface area contributed by atoms with Crippen LogP contribution in [-0.2, 0) is 12.0 Å². The van der Waals surface area contributed by atoms with Crippen molar-refractivity contribution in [1.29, 1.82) is 0 Å². The Morgan fingerprint density at radius 3 is 2.80 bits per heavy atom. The lowest BCUT2D eigenvalue weighted by Gasteiger charge is -2.22. The van der Waals surface area contributed by atoms with Crippen LogP contribution in [0.4, 0.5) is 0 Å². The second-order valence-corrected chi connectivity index (χ2v) is 6.96. The smallest absolute Gasteiger partial charge is 0.261 e. The molecule has 2 aromatic heterocycles. The molecule has 0 aliphatic carbocycles. The van der Waals surface area contributed by atoms with E-state index >= 15 is 0 Å². The van der Waals surface area contributed by atoms with Crippen molar-refractivity contribution in [3.8, 4) is 0 Å². The Labute approximate surface area is 127 Å². The maximum absolute atomic E-state index is 12.1. The van der Waals surface area contributed by atoms with E-state index in [0.717, 1.165) is 17.5 Å². The lowest BCUT2D eigenvalue weighted by molar-refractivity contribution is 0.0531. The molecule has 3 nitrogen and oxygen atoms in total. The molecule has 0 fully saturated rings. The standard InChI is InChI=1S/C15H19NO2S2/c1-4-12-10(2)7-13(20-12)14(17)16-9-15(3,18)11-5-6-19-8-11/h5-8,18H,4,9H2,1-3H3,(H,16,17). The van der Waals surface area contributed by atoms with Crippen molar-refractivity contribution in [2.75, 3.05) is 6.54 Å². The first-order chi connectivity index (χ1) is 9.44. The van der Waals surface area contributed by atoms with E-state index in [2.05, 4.69) is 12.2 Å². The van der Waals surface area contributed by atoms with Crippen molar-refractivity contribution in [1.82, 2.24) is 5.32 Å². The lowest BCUT2D eigenvalue weighted by Crippen LogP contribution is -2.38. The van der Waals surface area contributed by atoms with Crippen LogP contribution in [-0.4, -0.2) is 17.6 Å². The molecule has 2 aromatic rings. The van der Waals surface area contributed by atoms with E-state index in [-0.39, 0.29) is 12.5 Å². The molecule has 0 saturated heterocycles. The second kappa shape index (κ2) is 6.08. The van der Waals surface area contributed by atoms with Crippen molar-refractivity contribution in [3.05, 3.63) is 43.8 Å². The summed E-state index contributed by atoms with van der Waals surface area (Å²) in [6.45, 7) is 6.03. The minimum absolute atomic E-state index is 0.117. The quantitative estimate of drug-likeness (QED) is 0.890. The van der Waals surface area contributed by atoms with Gasteiger partial charge in [0, 0.05) is 4.88 Å². The molecule has 5 heteroatoms. The molecule has 0 aliphatic heterocycles. The number of amides is 1. The van der Waals surface area contributed by atoms with Gasteiger partial charge < -0.3 is 10.4 Å². The summed E-state index contributed by atoms with van der Waals surface area (Å²) >= 11 is 3.06. The highest BCUT2D eigenvalue weighted by Crippen LogP contribution is 2.24. The first-order valence-electron chi connectivity index (χ1n) is 6.56. The van der Waals surface area contributed by atoms with E-state index in [0.29, 0.717) is 4.88 Å². The van der Waals surface area contributed by atoms with Gasteiger partial charge in [-0.05, 0) is 54.3 Å². The molecule has 108 valence electrons. The summed E-state index contributed by atoms with van der Waals surface area (Å²) in [7, 11) is 0. The Morgan fingerprint density at radius 2 is 2.25 bits per heavy atom. The summed E-state index contributed by atoms with van der Waals surface area (Å²) in [6.07, 6.45) is 0.941. The predicted molar refractivity (Wildman–Crippen MR) is 84.7 cm³/mol. The molecule has 1 unspecified atom stereocenters. The predicted octanol–water partition coefficient (Wildman–Crippen LogP) is 3.32. The molecule has 2 N–H and O–H groups in total. The van der Waals surface area contributed by atoms with Crippen LogP contribution in [0.5, 0.6) is 0 Å².